The molecule has 3 heterocycles. The lowest BCUT2D eigenvalue weighted by molar-refractivity contribution is -0.142. The van der Waals surface area contributed by atoms with Crippen LogP contribution in [0.15, 0.2) is 35.8 Å². The van der Waals surface area contributed by atoms with Crippen LogP contribution < -0.4 is 10.5 Å². The van der Waals surface area contributed by atoms with Gasteiger partial charge >= 0.3 is 5.97 Å². The molecule has 3 rings (SSSR count). The largest absolute Gasteiger partial charge is 0.480 e. The third kappa shape index (κ3) is 3.31. The van der Waals surface area contributed by atoms with Crippen molar-refractivity contribution in [1.29, 1.82) is 0 Å². The smallest absolute Gasteiger partial charge is 0.343 e. The molecule has 27 heavy (non-hydrogen) atoms. The van der Waals surface area contributed by atoms with E-state index < -0.39 is 17.7 Å². The summed E-state index contributed by atoms with van der Waals surface area (Å²) in [6.07, 6.45) is 2.30. The minimum atomic E-state index is -1.04. The molecule has 0 atom stereocenters. The molecular formula is C19H18N2O5S. The molecule has 3 aromatic rings. The Kier molecular flexibility index (Phi) is 5.27. The Morgan fingerprint density at radius 3 is 2.59 bits per heavy atom. The van der Waals surface area contributed by atoms with E-state index in [1.165, 1.54) is 18.4 Å². The lowest BCUT2D eigenvalue weighted by atomic mass is 10.0. The molecule has 0 aromatic carbocycles. The van der Waals surface area contributed by atoms with Gasteiger partial charge in [-0.1, -0.05) is 13.0 Å². The van der Waals surface area contributed by atoms with Crippen molar-refractivity contribution in [3.8, 4) is 16.3 Å². The summed E-state index contributed by atoms with van der Waals surface area (Å²) in [5.41, 5.74) is 7.41. The minimum Gasteiger partial charge on any atom is -0.480 e. The van der Waals surface area contributed by atoms with Crippen molar-refractivity contribution in [2.45, 2.75) is 13.3 Å². The van der Waals surface area contributed by atoms with Gasteiger partial charge in [-0.15, -0.1) is 11.3 Å². The van der Waals surface area contributed by atoms with E-state index in [1.54, 1.807) is 22.7 Å². The Balaban J connectivity index is 2.32. The van der Waals surface area contributed by atoms with E-state index in [0.29, 0.717) is 23.3 Å². The van der Waals surface area contributed by atoms with Gasteiger partial charge in [-0.3, -0.25) is 9.59 Å². The highest BCUT2D eigenvalue weighted by molar-refractivity contribution is 7.13. The number of ether oxygens (including phenoxy) is 2. The summed E-state index contributed by atoms with van der Waals surface area (Å²) < 4.78 is 12.0. The summed E-state index contributed by atoms with van der Waals surface area (Å²) in [5, 5.41) is 1.93. The highest BCUT2D eigenvalue weighted by atomic mass is 32.1. The molecule has 1 amide bonds. The molecule has 2 N–H and O–H groups in total. The van der Waals surface area contributed by atoms with Gasteiger partial charge in [-0.05, 0) is 35.6 Å². The number of methoxy groups -OCH3 is 1. The summed E-state index contributed by atoms with van der Waals surface area (Å²) >= 11 is 1.52. The molecule has 0 saturated carbocycles. The molecule has 0 aliphatic rings. The molecule has 0 aliphatic carbocycles. The predicted molar refractivity (Wildman–Crippen MR) is 101 cm³/mol. The van der Waals surface area contributed by atoms with Crippen LogP contribution in [0.25, 0.3) is 16.1 Å². The maximum atomic E-state index is 12.6. The maximum absolute atomic E-state index is 12.6. The average molecular weight is 386 g/mol. The number of aromatic nitrogens is 1. The van der Waals surface area contributed by atoms with Gasteiger partial charge in [0.05, 0.1) is 28.8 Å². The Labute approximate surface area is 159 Å². The molecule has 0 spiro atoms. The van der Waals surface area contributed by atoms with Gasteiger partial charge in [0, 0.05) is 6.20 Å². The van der Waals surface area contributed by atoms with Crippen LogP contribution in [0.3, 0.4) is 0 Å². The number of esters is 1. The monoisotopic (exact) mass is 386 g/mol. The molecule has 0 aliphatic heterocycles. The number of amides is 1. The first-order valence-corrected chi connectivity index (χ1v) is 9.11. The number of Topliss-reactive ketones (excluding diaryl/α,β-unsaturated/α-hetero) is 1. The van der Waals surface area contributed by atoms with Crippen LogP contribution in [0.5, 0.6) is 5.75 Å². The van der Waals surface area contributed by atoms with Crippen molar-refractivity contribution in [2.75, 3.05) is 13.7 Å². The number of hydrogen-bond donors (Lipinski definition) is 1. The number of nitrogens with two attached hydrogens (primary N) is 1. The first kappa shape index (κ1) is 18.7. The molecule has 0 saturated heterocycles. The highest BCUT2D eigenvalue weighted by Gasteiger charge is 2.28. The van der Waals surface area contributed by atoms with Gasteiger partial charge in [-0.2, -0.15) is 0 Å². The second kappa shape index (κ2) is 7.63. The molecule has 0 unspecified atom stereocenters. The molecule has 0 bridgehead atoms. The van der Waals surface area contributed by atoms with Crippen molar-refractivity contribution >= 4 is 34.5 Å². The van der Waals surface area contributed by atoms with Crippen LogP contribution in [0.2, 0.25) is 0 Å². The molecule has 140 valence electrons. The van der Waals surface area contributed by atoms with E-state index in [4.69, 9.17) is 10.5 Å². The number of ketones is 1. The topological polar surface area (TPSA) is 100 Å². The molecular weight excluding hydrogens is 368 g/mol. The standard InChI is InChI=1S/C19H18N2O5S/c1-3-11-15(18(23)19(20)24)17-12(26-10-14(22)25-2)6-4-8-21(17)16(11)13-7-5-9-27-13/h4-9H,3,10H2,1-2H3,(H2,20,24). The predicted octanol–water partition coefficient (Wildman–Crippen LogP) is 2.45. The normalized spacial score (nSPS) is 10.7. The van der Waals surface area contributed by atoms with Crippen molar-refractivity contribution in [3.05, 3.63) is 47.0 Å². The zero-order valence-electron chi connectivity index (χ0n) is 14.9. The zero-order chi connectivity index (χ0) is 19.6. The van der Waals surface area contributed by atoms with Crippen LogP contribution >= 0.6 is 11.3 Å². The number of primary amides is 1. The van der Waals surface area contributed by atoms with Gasteiger partial charge in [0.2, 0.25) is 0 Å². The number of carbonyl (C=O) groups excluding carboxylic acids is 3. The minimum absolute atomic E-state index is 0.203. The molecule has 3 aromatic heterocycles. The lowest BCUT2D eigenvalue weighted by Gasteiger charge is -2.09. The van der Waals surface area contributed by atoms with Crippen LogP contribution in [-0.2, 0) is 20.7 Å². The summed E-state index contributed by atoms with van der Waals surface area (Å²) in [6.45, 7) is 1.58. The van der Waals surface area contributed by atoms with Crippen molar-refractivity contribution < 1.29 is 23.9 Å². The highest BCUT2D eigenvalue weighted by Crippen LogP contribution is 2.38. The maximum Gasteiger partial charge on any atom is 0.343 e. The molecule has 0 radical (unpaired) electrons. The van der Waals surface area contributed by atoms with E-state index in [1.807, 2.05) is 24.4 Å². The molecule has 0 fully saturated rings. The number of thiophene rings is 1. The van der Waals surface area contributed by atoms with Gasteiger partial charge < -0.3 is 19.6 Å². The van der Waals surface area contributed by atoms with Crippen molar-refractivity contribution in [2.24, 2.45) is 5.73 Å². The first-order valence-electron chi connectivity index (χ1n) is 8.23. The number of fused-ring (bicyclic) bond motifs is 1. The van der Waals surface area contributed by atoms with E-state index in [0.717, 1.165) is 10.6 Å². The third-order valence-corrected chi connectivity index (χ3v) is 5.03. The Hall–Kier alpha value is -3.13. The van der Waals surface area contributed by atoms with Crippen LogP contribution in [0, 0.1) is 0 Å². The van der Waals surface area contributed by atoms with Gasteiger partial charge in [0.15, 0.2) is 6.61 Å². The zero-order valence-corrected chi connectivity index (χ0v) is 15.7. The third-order valence-electron chi connectivity index (χ3n) is 4.15. The Bertz CT molecular complexity index is 1020. The van der Waals surface area contributed by atoms with Crippen molar-refractivity contribution in [3.63, 3.8) is 0 Å². The number of rotatable bonds is 7. The lowest BCUT2D eigenvalue weighted by Crippen LogP contribution is -2.24. The second-order valence-electron chi connectivity index (χ2n) is 5.68. The van der Waals surface area contributed by atoms with E-state index in [2.05, 4.69) is 4.74 Å². The molecule has 7 nitrogen and oxygen atoms in total. The van der Waals surface area contributed by atoms with Gasteiger partial charge in [0.1, 0.15) is 5.75 Å². The fraction of sp³-hybridized carbons (Fsp3) is 0.211. The number of hydrogen-bond acceptors (Lipinski definition) is 6. The Morgan fingerprint density at radius 2 is 2.00 bits per heavy atom. The number of pyridine rings is 1. The Morgan fingerprint density at radius 1 is 1.22 bits per heavy atom. The number of nitrogens with zero attached hydrogens (tertiary/aromatic N) is 1. The van der Waals surface area contributed by atoms with Gasteiger partial charge in [0.25, 0.3) is 11.7 Å². The van der Waals surface area contributed by atoms with E-state index >= 15 is 0 Å². The van der Waals surface area contributed by atoms with E-state index in [-0.39, 0.29) is 12.2 Å². The van der Waals surface area contributed by atoms with E-state index in [9.17, 15) is 14.4 Å². The second-order valence-corrected chi connectivity index (χ2v) is 6.63. The van der Waals surface area contributed by atoms with Crippen molar-refractivity contribution in [1.82, 2.24) is 4.40 Å². The summed E-state index contributed by atoms with van der Waals surface area (Å²) in [6, 6.07) is 7.22. The van der Waals surface area contributed by atoms with Crippen LogP contribution in [-0.4, -0.2) is 35.8 Å². The van der Waals surface area contributed by atoms with Gasteiger partial charge in [-0.25, -0.2) is 4.79 Å². The number of carbonyl (C=O) groups is 3. The van der Waals surface area contributed by atoms with Crippen LogP contribution in [0.1, 0.15) is 22.8 Å². The average Bonchev–Trinajstić information content (AvgIpc) is 3.30. The fourth-order valence-corrected chi connectivity index (χ4v) is 3.82. The summed E-state index contributed by atoms with van der Waals surface area (Å²) in [4.78, 5) is 36.7. The SMILES string of the molecule is CCc1c(C(=O)C(N)=O)c2c(OCC(=O)OC)cccn2c1-c1cccs1. The fourth-order valence-electron chi connectivity index (χ4n) is 3.03. The molecule has 8 heteroatoms. The first-order chi connectivity index (χ1) is 13.0. The summed E-state index contributed by atoms with van der Waals surface area (Å²) in [5.74, 6) is -2.09. The van der Waals surface area contributed by atoms with Crippen LogP contribution in [0.4, 0.5) is 0 Å². The quantitative estimate of drug-likeness (QED) is 0.382. The summed E-state index contributed by atoms with van der Waals surface area (Å²) in [7, 11) is 1.26.